The second kappa shape index (κ2) is 4.99. The van der Waals surface area contributed by atoms with Crippen molar-refractivity contribution in [1.82, 2.24) is 5.43 Å². The normalized spacial score (nSPS) is 26.1. The number of allylic oxidation sites excluding steroid dienone is 2. The largest absolute Gasteiger partial charge is 0.271 e. The fourth-order valence-corrected chi connectivity index (χ4v) is 2.79. The molecule has 2 aliphatic rings. The van der Waals surface area contributed by atoms with Crippen LogP contribution in [0.15, 0.2) is 35.5 Å². The molecule has 0 unspecified atom stereocenters. The third-order valence-electron chi connectivity index (χ3n) is 3.65. The molecule has 0 bridgehead atoms. The molecular weight excluding hydrogens is 283 g/mol. The van der Waals surface area contributed by atoms with Gasteiger partial charge in [0.2, 0.25) is 0 Å². The van der Waals surface area contributed by atoms with Gasteiger partial charge in [-0.1, -0.05) is 35.4 Å². The van der Waals surface area contributed by atoms with Crippen molar-refractivity contribution in [3.05, 3.63) is 46.0 Å². The Morgan fingerprint density at radius 1 is 1.32 bits per heavy atom. The second-order valence-electron chi connectivity index (χ2n) is 4.81. The van der Waals surface area contributed by atoms with Crippen LogP contribution in [0.2, 0.25) is 10.0 Å². The molecule has 98 valence electrons. The Hall–Kier alpha value is -1.32. The molecule has 1 aromatic carbocycles. The average molecular weight is 295 g/mol. The first-order chi connectivity index (χ1) is 9.15. The van der Waals surface area contributed by atoms with Gasteiger partial charge in [0.15, 0.2) is 0 Å². The van der Waals surface area contributed by atoms with Crippen LogP contribution in [0.4, 0.5) is 0 Å². The quantitative estimate of drug-likeness (QED) is 0.656. The summed E-state index contributed by atoms with van der Waals surface area (Å²) in [5.41, 5.74) is 4.11. The zero-order valence-corrected chi connectivity index (χ0v) is 11.6. The van der Waals surface area contributed by atoms with E-state index in [0.29, 0.717) is 27.4 Å². The molecule has 0 aliphatic heterocycles. The van der Waals surface area contributed by atoms with Crippen LogP contribution in [0.1, 0.15) is 23.2 Å². The molecule has 1 amide bonds. The van der Waals surface area contributed by atoms with Crippen LogP contribution in [-0.4, -0.2) is 11.6 Å². The maximum absolute atomic E-state index is 11.9. The Labute approximate surface area is 121 Å². The Bertz CT molecular complexity index is 595. The average Bonchev–Trinajstić information content (AvgIpc) is 2.74. The van der Waals surface area contributed by atoms with Crippen LogP contribution in [0.3, 0.4) is 0 Å². The van der Waals surface area contributed by atoms with Crippen molar-refractivity contribution in [3.63, 3.8) is 0 Å². The molecule has 1 aromatic rings. The summed E-state index contributed by atoms with van der Waals surface area (Å²) in [6.07, 6.45) is 6.39. The first-order valence-electron chi connectivity index (χ1n) is 6.13. The second-order valence-corrected chi connectivity index (χ2v) is 5.63. The van der Waals surface area contributed by atoms with Gasteiger partial charge in [0, 0.05) is 17.2 Å². The summed E-state index contributed by atoms with van der Waals surface area (Å²) >= 11 is 11.7. The lowest BCUT2D eigenvalue weighted by atomic mass is 9.74. The number of nitrogens with zero attached hydrogens (tertiary/aromatic N) is 1. The highest BCUT2D eigenvalue weighted by molar-refractivity contribution is 6.42. The standard InChI is InChI=1S/C14H12Cl2N2O/c15-11-5-4-9(6-12(11)16)14(19)18-17-13-7-8-2-1-3-10(8)13/h1-2,4-6,8,10H,3,7H2,(H,18,19)/b17-13+/t8-,10+/m1/s1. The zero-order chi connectivity index (χ0) is 13.4. The van der Waals surface area contributed by atoms with Crippen LogP contribution in [0.5, 0.6) is 0 Å². The Kier molecular flexibility index (Phi) is 3.33. The molecule has 5 heteroatoms. The summed E-state index contributed by atoms with van der Waals surface area (Å²) in [7, 11) is 0. The van der Waals surface area contributed by atoms with Crippen molar-refractivity contribution in [3.8, 4) is 0 Å². The van der Waals surface area contributed by atoms with Crippen molar-refractivity contribution in [2.45, 2.75) is 12.8 Å². The molecule has 3 nitrogen and oxygen atoms in total. The number of fused-ring (bicyclic) bond motifs is 1. The fourth-order valence-electron chi connectivity index (χ4n) is 2.49. The highest BCUT2D eigenvalue weighted by Gasteiger charge is 2.37. The van der Waals surface area contributed by atoms with E-state index in [0.717, 1.165) is 18.6 Å². The van der Waals surface area contributed by atoms with Crippen LogP contribution in [0.25, 0.3) is 0 Å². The SMILES string of the molecule is O=C(N/N=C1\C[C@H]2C=CC[C@H]12)c1ccc(Cl)c(Cl)c1. The molecule has 0 radical (unpaired) electrons. The predicted octanol–water partition coefficient (Wildman–Crippen LogP) is 3.68. The number of hydrazone groups is 1. The Balaban J connectivity index is 1.65. The Morgan fingerprint density at radius 2 is 2.16 bits per heavy atom. The third kappa shape index (κ3) is 2.40. The Morgan fingerprint density at radius 3 is 2.89 bits per heavy atom. The van der Waals surface area contributed by atoms with Crippen molar-refractivity contribution < 1.29 is 4.79 Å². The van der Waals surface area contributed by atoms with E-state index in [-0.39, 0.29) is 5.91 Å². The summed E-state index contributed by atoms with van der Waals surface area (Å²) in [5, 5.41) is 5.00. The van der Waals surface area contributed by atoms with Gasteiger partial charge >= 0.3 is 0 Å². The maximum atomic E-state index is 11.9. The summed E-state index contributed by atoms with van der Waals surface area (Å²) in [4.78, 5) is 11.9. The number of benzene rings is 1. The summed E-state index contributed by atoms with van der Waals surface area (Å²) in [5.74, 6) is 0.857. The molecule has 0 saturated heterocycles. The monoisotopic (exact) mass is 294 g/mol. The smallest absolute Gasteiger partial charge is 0.267 e. The number of halogens is 2. The minimum Gasteiger partial charge on any atom is -0.267 e. The minimum atomic E-state index is -0.263. The van der Waals surface area contributed by atoms with E-state index in [1.54, 1.807) is 18.2 Å². The molecule has 19 heavy (non-hydrogen) atoms. The van der Waals surface area contributed by atoms with E-state index in [1.807, 2.05) is 0 Å². The molecule has 1 fully saturated rings. The molecule has 0 heterocycles. The van der Waals surface area contributed by atoms with Gasteiger partial charge in [-0.15, -0.1) is 0 Å². The van der Waals surface area contributed by atoms with Gasteiger partial charge < -0.3 is 0 Å². The van der Waals surface area contributed by atoms with Crippen LogP contribution >= 0.6 is 23.2 Å². The molecule has 2 atom stereocenters. The van der Waals surface area contributed by atoms with Crippen molar-refractivity contribution in [1.29, 1.82) is 0 Å². The molecule has 3 rings (SSSR count). The number of carbonyl (C=O) groups is 1. The van der Waals surface area contributed by atoms with Crippen LogP contribution in [0, 0.1) is 11.8 Å². The lowest BCUT2D eigenvalue weighted by Gasteiger charge is -2.31. The highest BCUT2D eigenvalue weighted by Crippen LogP contribution is 2.40. The number of amides is 1. The summed E-state index contributed by atoms with van der Waals surface area (Å²) in [6, 6.07) is 4.77. The van der Waals surface area contributed by atoms with Gasteiger partial charge in [0.1, 0.15) is 0 Å². The fraction of sp³-hybridized carbons (Fsp3) is 0.286. The van der Waals surface area contributed by atoms with Gasteiger partial charge in [0.25, 0.3) is 5.91 Å². The van der Waals surface area contributed by atoms with Gasteiger partial charge in [-0.3, -0.25) is 4.79 Å². The number of hydrogen-bond donors (Lipinski definition) is 1. The zero-order valence-electron chi connectivity index (χ0n) is 10.1. The number of rotatable bonds is 2. The molecule has 0 spiro atoms. The van der Waals surface area contributed by atoms with Crippen LogP contribution in [-0.2, 0) is 0 Å². The van der Waals surface area contributed by atoms with Crippen LogP contribution < -0.4 is 5.43 Å². The summed E-state index contributed by atoms with van der Waals surface area (Å²) in [6.45, 7) is 0. The predicted molar refractivity (Wildman–Crippen MR) is 76.7 cm³/mol. The van der Waals surface area contributed by atoms with E-state index >= 15 is 0 Å². The first kappa shape index (κ1) is 12.7. The van der Waals surface area contributed by atoms with Gasteiger partial charge in [-0.05, 0) is 37.0 Å². The van der Waals surface area contributed by atoms with E-state index in [9.17, 15) is 4.79 Å². The third-order valence-corrected chi connectivity index (χ3v) is 4.38. The van der Waals surface area contributed by atoms with Crippen molar-refractivity contribution >= 4 is 34.8 Å². The molecular formula is C14H12Cl2N2O. The van der Waals surface area contributed by atoms with Gasteiger partial charge in [0.05, 0.1) is 10.0 Å². The number of carbonyl (C=O) groups excluding carboxylic acids is 1. The molecule has 1 saturated carbocycles. The van der Waals surface area contributed by atoms with Crippen molar-refractivity contribution in [2.24, 2.45) is 16.9 Å². The van der Waals surface area contributed by atoms with E-state index in [1.165, 1.54) is 0 Å². The van der Waals surface area contributed by atoms with E-state index in [4.69, 9.17) is 23.2 Å². The number of nitrogens with one attached hydrogen (secondary N) is 1. The summed E-state index contributed by atoms with van der Waals surface area (Å²) < 4.78 is 0. The van der Waals surface area contributed by atoms with Crippen molar-refractivity contribution in [2.75, 3.05) is 0 Å². The van der Waals surface area contributed by atoms with Gasteiger partial charge in [-0.2, -0.15) is 5.10 Å². The molecule has 1 N–H and O–H groups in total. The number of hydrogen-bond acceptors (Lipinski definition) is 2. The minimum absolute atomic E-state index is 0.263. The molecule has 2 aliphatic carbocycles. The first-order valence-corrected chi connectivity index (χ1v) is 6.89. The maximum Gasteiger partial charge on any atom is 0.271 e. The molecule has 0 aromatic heterocycles. The van der Waals surface area contributed by atoms with E-state index in [2.05, 4.69) is 22.7 Å². The van der Waals surface area contributed by atoms with E-state index < -0.39 is 0 Å². The lowest BCUT2D eigenvalue weighted by Crippen LogP contribution is -2.35. The highest BCUT2D eigenvalue weighted by atomic mass is 35.5. The lowest BCUT2D eigenvalue weighted by molar-refractivity contribution is 0.0954. The topological polar surface area (TPSA) is 41.5 Å². The van der Waals surface area contributed by atoms with Gasteiger partial charge in [-0.25, -0.2) is 5.43 Å².